The van der Waals surface area contributed by atoms with Crippen molar-refractivity contribution in [2.45, 2.75) is 19.8 Å². The highest BCUT2D eigenvalue weighted by Gasteiger charge is 2.06. The first-order valence-electron chi connectivity index (χ1n) is 6.16. The Morgan fingerprint density at radius 3 is 3.06 bits per heavy atom. The molecule has 0 aliphatic carbocycles. The average Bonchev–Trinajstić information content (AvgIpc) is 2.83. The zero-order chi connectivity index (χ0) is 13.0. The molecule has 0 aliphatic rings. The summed E-state index contributed by atoms with van der Waals surface area (Å²) in [4.78, 5) is 11.8. The zero-order valence-electron chi connectivity index (χ0n) is 10.5. The molecule has 1 aromatic heterocycles. The van der Waals surface area contributed by atoms with Gasteiger partial charge in [0.15, 0.2) is 0 Å². The summed E-state index contributed by atoms with van der Waals surface area (Å²) in [6, 6.07) is 8.06. The summed E-state index contributed by atoms with van der Waals surface area (Å²) in [5.41, 5.74) is 6.40. The smallest absolute Gasteiger partial charge is 0.224 e. The lowest BCUT2D eigenvalue weighted by molar-refractivity contribution is -0.116. The van der Waals surface area contributed by atoms with Gasteiger partial charge in [-0.15, -0.1) is 11.3 Å². The number of amides is 1. The number of hydrogen-bond donors (Lipinski definition) is 2. The lowest BCUT2D eigenvalue weighted by atomic mass is 10.1. The Labute approximate surface area is 111 Å². The standard InChI is InChI=1S/C14H18N2OS/c1-10(9-15)2-5-14(17)16-12-3-4-13-11(8-12)6-7-18-13/h3-4,6-8,10H,2,5,9,15H2,1H3,(H,16,17). The second kappa shape index (κ2) is 5.98. The Morgan fingerprint density at radius 2 is 2.28 bits per heavy atom. The van der Waals surface area contributed by atoms with Crippen LogP contribution in [0.15, 0.2) is 29.6 Å². The fraction of sp³-hybridized carbons (Fsp3) is 0.357. The minimum Gasteiger partial charge on any atom is -0.330 e. The number of nitrogens with one attached hydrogen (secondary N) is 1. The van der Waals surface area contributed by atoms with Crippen molar-refractivity contribution in [2.24, 2.45) is 11.7 Å². The van der Waals surface area contributed by atoms with Crippen LogP contribution in [0.2, 0.25) is 0 Å². The number of anilines is 1. The van der Waals surface area contributed by atoms with Crippen LogP contribution < -0.4 is 11.1 Å². The molecule has 1 heterocycles. The molecule has 1 aromatic carbocycles. The van der Waals surface area contributed by atoms with Crippen molar-refractivity contribution in [3.05, 3.63) is 29.6 Å². The molecule has 4 heteroatoms. The lowest BCUT2D eigenvalue weighted by Crippen LogP contribution is -2.16. The van der Waals surface area contributed by atoms with E-state index in [-0.39, 0.29) is 5.91 Å². The van der Waals surface area contributed by atoms with Gasteiger partial charge in [-0.2, -0.15) is 0 Å². The molecule has 0 aliphatic heterocycles. The first kappa shape index (κ1) is 13.1. The van der Waals surface area contributed by atoms with Crippen LogP contribution >= 0.6 is 11.3 Å². The van der Waals surface area contributed by atoms with Crippen LogP contribution in [0.3, 0.4) is 0 Å². The molecule has 2 rings (SSSR count). The van der Waals surface area contributed by atoms with E-state index in [4.69, 9.17) is 5.73 Å². The summed E-state index contributed by atoms with van der Waals surface area (Å²) in [6.45, 7) is 2.69. The van der Waals surface area contributed by atoms with Gasteiger partial charge in [0.05, 0.1) is 0 Å². The highest BCUT2D eigenvalue weighted by Crippen LogP contribution is 2.24. The van der Waals surface area contributed by atoms with Crippen LogP contribution in [0.5, 0.6) is 0 Å². The van der Waals surface area contributed by atoms with Gasteiger partial charge in [0.1, 0.15) is 0 Å². The molecule has 3 N–H and O–H groups in total. The van der Waals surface area contributed by atoms with E-state index in [1.54, 1.807) is 11.3 Å². The first-order chi connectivity index (χ1) is 8.69. The molecule has 0 bridgehead atoms. The third-order valence-electron chi connectivity index (χ3n) is 3.00. The molecule has 1 atom stereocenters. The Balaban J connectivity index is 1.94. The summed E-state index contributed by atoms with van der Waals surface area (Å²) >= 11 is 1.71. The summed E-state index contributed by atoms with van der Waals surface area (Å²) in [5, 5.41) is 6.16. The minimum atomic E-state index is 0.0601. The van der Waals surface area contributed by atoms with E-state index in [1.165, 1.54) is 10.1 Å². The number of benzene rings is 1. The van der Waals surface area contributed by atoms with E-state index < -0.39 is 0 Å². The van der Waals surface area contributed by atoms with Crippen LogP contribution in [0.25, 0.3) is 10.1 Å². The Kier molecular flexibility index (Phi) is 4.33. The van der Waals surface area contributed by atoms with E-state index in [0.29, 0.717) is 18.9 Å². The van der Waals surface area contributed by atoms with Crippen molar-refractivity contribution in [3.63, 3.8) is 0 Å². The second-order valence-electron chi connectivity index (χ2n) is 4.60. The normalized spacial score (nSPS) is 12.6. The lowest BCUT2D eigenvalue weighted by Gasteiger charge is -2.08. The highest BCUT2D eigenvalue weighted by molar-refractivity contribution is 7.17. The summed E-state index contributed by atoms with van der Waals surface area (Å²) in [5.74, 6) is 0.458. The number of fused-ring (bicyclic) bond motifs is 1. The molecule has 0 saturated carbocycles. The maximum atomic E-state index is 11.8. The molecule has 0 saturated heterocycles. The summed E-state index contributed by atoms with van der Waals surface area (Å²) in [6.07, 6.45) is 1.36. The third-order valence-corrected chi connectivity index (χ3v) is 3.90. The van der Waals surface area contributed by atoms with Crippen molar-refractivity contribution in [3.8, 4) is 0 Å². The molecule has 0 fully saturated rings. The maximum absolute atomic E-state index is 11.8. The minimum absolute atomic E-state index is 0.0601. The van der Waals surface area contributed by atoms with E-state index in [2.05, 4.69) is 23.7 Å². The van der Waals surface area contributed by atoms with Gasteiger partial charge in [-0.25, -0.2) is 0 Å². The highest BCUT2D eigenvalue weighted by atomic mass is 32.1. The largest absolute Gasteiger partial charge is 0.330 e. The van der Waals surface area contributed by atoms with E-state index >= 15 is 0 Å². The second-order valence-corrected chi connectivity index (χ2v) is 5.55. The molecule has 2 aromatic rings. The van der Waals surface area contributed by atoms with E-state index in [1.807, 2.05) is 18.2 Å². The molecular formula is C14H18N2OS. The molecule has 1 unspecified atom stereocenters. The molecule has 18 heavy (non-hydrogen) atoms. The van der Waals surface area contributed by atoms with Crippen molar-refractivity contribution >= 4 is 33.0 Å². The molecule has 1 amide bonds. The Hall–Kier alpha value is -1.39. The molecule has 3 nitrogen and oxygen atoms in total. The van der Waals surface area contributed by atoms with Crippen LogP contribution in [0.4, 0.5) is 5.69 Å². The average molecular weight is 262 g/mol. The molecule has 0 radical (unpaired) electrons. The third kappa shape index (κ3) is 3.31. The van der Waals surface area contributed by atoms with Gasteiger partial charge >= 0.3 is 0 Å². The summed E-state index contributed by atoms with van der Waals surface area (Å²) < 4.78 is 1.24. The van der Waals surface area contributed by atoms with E-state index in [0.717, 1.165) is 12.1 Å². The number of rotatable bonds is 5. The van der Waals surface area contributed by atoms with Gasteiger partial charge < -0.3 is 11.1 Å². The predicted octanol–water partition coefficient (Wildman–Crippen LogP) is 3.21. The van der Waals surface area contributed by atoms with Gasteiger partial charge in [-0.05, 0) is 53.9 Å². The fourth-order valence-corrected chi connectivity index (χ4v) is 2.53. The van der Waals surface area contributed by atoms with Gasteiger partial charge in [0, 0.05) is 16.8 Å². The van der Waals surface area contributed by atoms with Crippen LogP contribution in [0.1, 0.15) is 19.8 Å². The van der Waals surface area contributed by atoms with Crippen molar-refractivity contribution in [1.29, 1.82) is 0 Å². The topological polar surface area (TPSA) is 55.1 Å². The SMILES string of the molecule is CC(CN)CCC(=O)Nc1ccc2sccc2c1. The Bertz CT molecular complexity index is 535. The fourth-order valence-electron chi connectivity index (χ4n) is 1.76. The maximum Gasteiger partial charge on any atom is 0.224 e. The Morgan fingerprint density at radius 1 is 1.44 bits per heavy atom. The summed E-state index contributed by atoms with van der Waals surface area (Å²) in [7, 11) is 0. The molecular weight excluding hydrogens is 244 g/mol. The van der Waals surface area contributed by atoms with E-state index in [9.17, 15) is 4.79 Å². The van der Waals surface area contributed by atoms with Crippen molar-refractivity contribution in [2.75, 3.05) is 11.9 Å². The monoisotopic (exact) mass is 262 g/mol. The molecule has 0 spiro atoms. The zero-order valence-corrected chi connectivity index (χ0v) is 11.3. The van der Waals surface area contributed by atoms with Crippen LogP contribution in [-0.2, 0) is 4.79 Å². The van der Waals surface area contributed by atoms with Crippen molar-refractivity contribution < 1.29 is 4.79 Å². The molecule has 96 valence electrons. The van der Waals surface area contributed by atoms with Gasteiger partial charge in [0.2, 0.25) is 5.91 Å². The van der Waals surface area contributed by atoms with Crippen LogP contribution in [-0.4, -0.2) is 12.5 Å². The predicted molar refractivity (Wildman–Crippen MR) is 77.9 cm³/mol. The number of thiophene rings is 1. The number of nitrogens with two attached hydrogens (primary N) is 1. The van der Waals surface area contributed by atoms with Crippen LogP contribution in [0, 0.1) is 5.92 Å². The van der Waals surface area contributed by atoms with Gasteiger partial charge in [-0.1, -0.05) is 6.92 Å². The number of carbonyl (C=O) groups excluding carboxylic acids is 1. The van der Waals surface area contributed by atoms with Crippen molar-refractivity contribution in [1.82, 2.24) is 0 Å². The quantitative estimate of drug-likeness (QED) is 0.869. The van der Waals surface area contributed by atoms with Gasteiger partial charge in [-0.3, -0.25) is 4.79 Å². The number of carbonyl (C=O) groups is 1. The van der Waals surface area contributed by atoms with Gasteiger partial charge in [0.25, 0.3) is 0 Å². The number of hydrogen-bond acceptors (Lipinski definition) is 3. The first-order valence-corrected chi connectivity index (χ1v) is 7.04.